The third-order valence-electron chi connectivity index (χ3n) is 6.66. The van der Waals surface area contributed by atoms with Crippen LogP contribution in [0.25, 0.3) is 11.1 Å². The first-order valence-electron chi connectivity index (χ1n) is 11.7. The molecule has 3 aromatic carbocycles. The first-order valence-corrected chi connectivity index (χ1v) is 11.7. The number of benzene rings is 3. The van der Waals surface area contributed by atoms with Gasteiger partial charge in [-0.15, -0.1) is 0 Å². The highest BCUT2D eigenvalue weighted by atomic mass is 19.4. The van der Waals surface area contributed by atoms with Gasteiger partial charge in [0.15, 0.2) is 0 Å². The number of hydrogen-bond acceptors (Lipinski definition) is 2. The molecule has 0 aliphatic carbocycles. The molecule has 3 aromatic rings. The monoisotopic (exact) mass is 483 g/mol. The summed E-state index contributed by atoms with van der Waals surface area (Å²) < 4.78 is 47.8. The molecule has 1 aliphatic heterocycles. The quantitative estimate of drug-likeness (QED) is 0.413. The van der Waals surface area contributed by atoms with Crippen LogP contribution in [0.3, 0.4) is 0 Å². The topological polar surface area (TPSA) is 38.3 Å². The second kappa shape index (κ2) is 10.2. The van der Waals surface area contributed by atoms with Gasteiger partial charge < -0.3 is 14.5 Å². The largest absolute Gasteiger partial charge is 0.417 e. The standard InChI is InChI=1S/C28H29F3N2O2/c1-33(2,23-15-17-35-18-16-23)19-20-11-13-22(14-12-20)32-27(34)26-24(21-7-4-3-5-8-21)9-6-10-25(26)28(29,30)31/h3-14,23H,15-19H2,1-2H3/p+1. The number of hydrogen-bond donors (Lipinski definition) is 1. The van der Waals surface area contributed by atoms with E-state index in [1.807, 2.05) is 12.1 Å². The van der Waals surface area contributed by atoms with Gasteiger partial charge in [0.1, 0.15) is 6.54 Å². The number of nitrogens with one attached hydrogen (secondary N) is 1. The summed E-state index contributed by atoms with van der Waals surface area (Å²) >= 11 is 0. The number of carbonyl (C=O) groups is 1. The molecule has 0 unspecified atom stereocenters. The van der Waals surface area contributed by atoms with Crippen LogP contribution in [0.2, 0.25) is 0 Å². The van der Waals surface area contributed by atoms with Crippen LogP contribution >= 0.6 is 0 Å². The van der Waals surface area contributed by atoms with Gasteiger partial charge in [-0.3, -0.25) is 4.79 Å². The van der Waals surface area contributed by atoms with Crippen LogP contribution in [0.1, 0.15) is 34.3 Å². The normalized spacial score (nSPS) is 15.1. The molecule has 184 valence electrons. The maximum absolute atomic E-state index is 13.8. The van der Waals surface area contributed by atoms with Gasteiger partial charge in [-0.05, 0) is 29.3 Å². The SMILES string of the molecule is C[N+](C)(Cc1ccc(NC(=O)c2c(-c3ccccc3)cccc2C(F)(F)F)cc1)C1CCOCC1. The van der Waals surface area contributed by atoms with E-state index in [2.05, 4.69) is 19.4 Å². The van der Waals surface area contributed by atoms with E-state index in [-0.39, 0.29) is 11.1 Å². The van der Waals surface area contributed by atoms with Gasteiger partial charge in [0, 0.05) is 24.1 Å². The molecule has 4 nitrogen and oxygen atoms in total. The highest BCUT2D eigenvalue weighted by Crippen LogP contribution is 2.37. The van der Waals surface area contributed by atoms with Crippen molar-refractivity contribution in [1.82, 2.24) is 0 Å². The Morgan fingerprint density at radius 1 is 0.943 bits per heavy atom. The first-order chi connectivity index (χ1) is 16.6. The first kappa shape index (κ1) is 24.9. The molecule has 1 N–H and O–H groups in total. The van der Waals surface area contributed by atoms with Crippen molar-refractivity contribution in [3.8, 4) is 11.1 Å². The van der Waals surface area contributed by atoms with Gasteiger partial charge in [-0.1, -0.05) is 54.6 Å². The predicted molar refractivity (Wildman–Crippen MR) is 131 cm³/mol. The summed E-state index contributed by atoms with van der Waals surface area (Å²) in [6.07, 6.45) is -2.62. The number of alkyl halides is 3. The average molecular weight is 484 g/mol. The second-order valence-electron chi connectivity index (χ2n) is 9.52. The third kappa shape index (κ3) is 5.92. The lowest BCUT2D eigenvalue weighted by atomic mass is 9.94. The van der Waals surface area contributed by atoms with Crippen molar-refractivity contribution in [2.45, 2.75) is 31.6 Å². The Morgan fingerprint density at radius 2 is 1.60 bits per heavy atom. The van der Waals surface area contributed by atoms with Crippen molar-refractivity contribution < 1.29 is 27.2 Å². The van der Waals surface area contributed by atoms with E-state index < -0.39 is 17.6 Å². The Kier molecular flexibility index (Phi) is 7.28. The minimum Gasteiger partial charge on any atom is -0.381 e. The van der Waals surface area contributed by atoms with Crippen LogP contribution in [0.4, 0.5) is 18.9 Å². The lowest BCUT2D eigenvalue weighted by Gasteiger charge is -2.40. The van der Waals surface area contributed by atoms with Crippen molar-refractivity contribution in [2.75, 3.05) is 32.6 Å². The molecule has 0 saturated carbocycles. The van der Waals surface area contributed by atoms with Gasteiger partial charge >= 0.3 is 6.18 Å². The number of quaternary nitrogens is 1. The fourth-order valence-electron chi connectivity index (χ4n) is 4.76. The average Bonchev–Trinajstić information content (AvgIpc) is 2.85. The van der Waals surface area contributed by atoms with E-state index in [0.717, 1.165) is 48.7 Å². The molecule has 1 aliphatic rings. The van der Waals surface area contributed by atoms with Crippen molar-refractivity contribution in [3.63, 3.8) is 0 Å². The molecular weight excluding hydrogens is 453 g/mol. The van der Waals surface area contributed by atoms with E-state index in [9.17, 15) is 18.0 Å². The van der Waals surface area contributed by atoms with E-state index >= 15 is 0 Å². The second-order valence-corrected chi connectivity index (χ2v) is 9.52. The Morgan fingerprint density at radius 3 is 2.23 bits per heavy atom. The van der Waals surface area contributed by atoms with E-state index in [4.69, 9.17) is 4.74 Å². The van der Waals surface area contributed by atoms with Crippen LogP contribution in [-0.4, -0.2) is 43.7 Å². The zero-order valence-corrected chi connectivity index (χ0v) is 19.9. The zero-order chi connectivity index (χ0) is 25.1. The minimum atomic E-state index is -4.66. The maximum Gasteiger partial charge on any atom is 0.417 e. The number of carbonyl (C=O) groups excluding carboxylic acids is 1. The van der Waals surface area contributed by atoms with Crippen LogP contribution in [-0.2, 0) is 17.5 Å². The predicted octanol–water partition coefficient (Wildman–Crippen LogP) is 6.38. The minimum absolute atomic E-state index is 0.241. The van der Waals surface area contributed by atoms with Crippen LogP contribution in [0.15, 0.2) is 72.8 Å². The molecule has 0 spiro atoms. The summed E-state index contributed by atoms with van der Waals surface area (Å²) in [5.74, 6) is -0.789. The molecule has 1 fully saturated rings. The molecule has 0 radical (unpaired) electrons. The maximum atomic E-state index is 13.8. The van der Waals surface area contributed by atoms with E-state index in [0.29, 0.717) is 17.3 Å². The Labute approximate surface area is 203 Å². The molecule has 0 aromatic heterocycles. The number of anilines is 1. The highest BCUT2D eigenvalue weighted by Gasteiger charge is 2.36. The van der Waals surface area contributed by atoms with E-state index in [1.165, 1.54) is 6.07 Å². The number of nitrogens with zero attached hydrogens (tertiary/aromatic N) is 1. The Bertz CT molecular complexity index is 1150. The van der Waals surface area contributed by atoms with Crippen LogP contribution in [0.5, 0.6) is 0 Å². The number of rotatable bonds is 6. The lowest BCUT2D eigenvalue weighted by molar-refractivity contribution is -0.929. The van der Waals surface area contributed by atoms with Crippen molar-refractivity contribution >= 4 is 11.6 Å². The Balaban J connectivity index is 1.56. The fraction of sp³-hybridized carbons (Fsp3) is 0.321. The summed E-state index contributed by atoms with van der Waals surface area (Å²) in [5.41, 5.74) is 1.000. The summed E-state index contributed by atoms with van der Waals surface area (Å²) in [4.78, 5) is 13.2. The van der Waals surface area contributed by atoms with Crippen molar-refractivity contribution in [2.24, 2.45) is 0 Å². The smallest absolute Gasteiger partial charge is 0.381 e. The van der Waals surface area contributed by atoms with Gasteiger partial charge in [-0.2, -0.15) is 13.2 Å². The van der Waals surface area contributed by atoms with Crippen molar-refractivity contribution in [1.29, 1.82) is 0 Å². The Hall–Kier alpha value is -3.16. The molecule has 1 saturated heterocycles. The van der Waals surface area contributed by atoms with Gasteiger partial charge in [0.05, 0.1) is 44.5 Å². The molecule has 7 heteroatoms. The number of amides is 1. The van der Waals surface area contributed by atoms with Gasteiger partial charge in [0.2, 0.25) is 0 Å². The van der Waals surface area contributed by atoms with Gasteiger partial charge in [0.25, 0.3) is 5.91 Å². The summed E-state index contributed by atoms with van der Waals surface area (Å²) in [7, 11) is 4.40. The molecule has 1 amide bonds. The van der Waals surface area contributed by atoms with Crippen molar-refractivity contribution in [3.05, 3.63) is 89.5 Å². The molecule has 0 bridgehead atoms. The molecular formula is C28H30F3N2O2+. The summed E-state index contributed by atoms with van der Waals surface area (Å²) in [6.45, 7) is 2.37. The van der Waals surface area contributed by atoms with Crippen LogP contribution < -0.4 is 5.32 Å². The van der Waals surface area contributed by atoms with E-state index in [1.54, 1.807) is 48.5 Å². The summed E-state index contributed by atoms with van der Waals surface area (Å²) in [5, 5.41) is 2.67. The number of halogens is 3. The lowest BCUT2D eigenvalue weighted by Crippen LogP contribution is -2.50. The molecule has 4 rings (SSSR count). The summed E-state index contributed by atoms with van der Waals surface area (Å²) in [6, 6.07) is 20.3. The highest BCUT2D eigenvalue weighted by molar-refractivity contribution is 6.10. The van der Waals surface area contributed by atoms with Gasteiger partial charge in [-0.25, -0.2) is 0 Å². The molecule has 1 heterocycles. The fourth-order valence-corrected chi connectivity index (χ4v) is 4.76. The number of ether oxygens (including phenoxy) is 1. The zero-order valence-electron chi connectivity index (χ0n) is 19.9. The molecule has 35 heavy (non-hydrogen) atoms. The third-order valence-corrected chi connectivity index (χ3v) is 6.66. The van der Waals surface area contributed by atoms with Crippen LogP contribution in [0, 0.1) is 0 Å². The molecule has 0 atom stereocenters.